The van der Waals surface area contributed by atoms with Crippen LogP contribution in [-0.4, -0.2) is 102 Å². The molecule has 2 aliphatic rings. The number of rotatable bonds is 11. The maximum Gasteiger partial charge on any atom is 0.436 e. The van der Waals surface area contributed by atoms with Gasteiger partial charge in [0.05, 0.1) is 45.7 Å². The summed E-state index contributed by atoms with van der Waals surface area (Å²) in [5, 5.41) is 10.3. The van der Waals surface area contributed by atoms with Gasteiger partial charge in [-0.3, -0.25) is 19.0 Å². The standard InChI is InChI=1S/C21H25Cl2F3N4O2.C20H23Cl2F3N4O2/c1-13-18(23)19(21(24,25)26)28-30(13)11-17(31)29-8-6-20(7-9-29,12-27-2)14-4-5-15(22)16(10-14)32-3;1-12-17(22)18(20(23,24)25)27-29(12)10-16(30)28-7-5-19(11-26,6-8-28)13-3-4-14(21)15(9-13)31-2/h4-5,10,27H,6-9,11-12H2,1-3H3;3-4,9H,5-8,10-11,26H2,1-2H3. The number of likely N-dealkylation sites (tertiary alicyclic amines) is 2. The van der Waals surface area contributed by atoms with Crippen LogP contribution in [0.3, 0.4) is 0 Å². The highest BCUT2D eigenvalue weighted by molar-refractivity contribution is 6.33. The summed E-state index contributed by atoms with van der Waals surface area (Å²) in [5.74, 6) is 0.518. The van der Waals surface area contributed by atoms with E-state index in [1.54, 1.807) is 29.0 Å². The number of nitrogens with two attached hydrogens (primary N) is 1. The third-order valence-corrected chi connectivity index (χ3v) is 13.5. The van der Waals surface area contributed by atoms with Crippen LogP contribution in [0, 0.1) is 13.8 Å². The third kappa shape index (κ3) is 11.0. The van der Waals surface area contributed by atoms with E-state index >= 15 is 0 Å². The van der Waals surface area contributed by atoms with Gasteiger partial charge in [0.15, 0.2) is 11.4 Å². The number of carbonyl (C=O) groups excluding carboxylic acids is 2. The van der Waals surface area contributed by atoms with Crippen molar-refractivity contribution in [2.45, 2.75) is 75.8 Å². The van der Waals surface area contributed by atoms with E-state index in [0.717, 1.165) is 20.5 Å². The zero-order chi connectivity index (χ0) is 46.7. The lowest BCUT2D eigenvalue weighted by Crippen LogP contribution is -2.49. The molecule has 0 aliphatic carbocycles. The number of piperidine rings is 2. The van der Waals surface area contributed by atoms with Gasteiger partial charge >= 0.3 is 12.4 Å². The topological polar surface area (TPSA) is 133 Å². The molecular formula is C41H48Cl4F6N8O4. The van der Waals surface area contributed by atoms with Gasteiger partial charge in [0.25, 0.3) is 0 Å². The number of ether oxygens (including phenoxy) is 2. The predicted molar refractivity (Wildman–Crippen MR) is 228 cm³/mol. The molecule has 2 amide bonds. The van der Waals surface area contributed by atoms with E-state index in [0.29, 0.717) is 86.5 Å². The molecule has 0 bridgehead atoms. The summed E-state index contributed by atoms with van der Waals surface area (Å²) >= 11 is 23.8. The van der Waals surface area contributed by atoms with Crippen LogP contribution < -0.4 is 20.5 Å². The van der Waals surface area contributed by atoms with Gasteiger partial charge in [0.1, 0.15) is 24.6 Å². The van der Waals surface area contributed by atoms with E-state index in [1.807, 2.05) is 31.3 Å². The van der Waals surface area contributed by atoms with Gasteiger partial charge in [-0.2, -0.15) is 36.5 Å². The molecule has 2 aromatic heterocycles. The normalized spacial score (nSPS) is 16.4. The van der Waals surface area contributed by atoms with Crippen molar-refractivity contribution in [1.29, 1.82) is 0 Å². The molecule has 0 saturated carbocycles. The van der Waals surface area contributed by atoms with Crippen molar-refractivity contribution in [1.82, 2.24) is 34.7 Å². The summed E-state index contributed by atoms with van der Waals surface area (Å²) in [5.41, 5.74) is 5.44. The maximum atomic E-state index is 13.1. The molecule has 0 spiro atoms. The molecule has 2 saturated heterocycles. The van der Waals surface area contributed by atoms with Crippen molar-refractivity contribution < 1.29 is 45.4 Å². The summed E-state index contributed by atoms with van der Waals surface area (Å²) in [4.78, 5) is 28.8. The highest BCUT2D eigenvalue weighted by Gasteiger charge is 2.42. The Kier molecular flexibility index (Phi) is 15.9. The first-order chi connectivity index (χ1) is 29.5. The van der Waals surface area contributed by atoms with Gasteiger partial charge in [-0.1, -0.05) is 58.5 Å². The van der Waals surface area contributed by atoms with E-state index in [9.17, 15) is 35.9 Å². The molecule has 2 aromatic carbocycles. The lowest BCUT2D eigenvalue weighted by molar-refractivity contribution is -0.142. The first-order valence-electron chi connectivity index (χ1n) is 19.7. The van der Waals surface area contributed by atoms with Crippen LogP contribution in [0.15, 0.2) is 36.4 Å². The van der Waals surface area contributed by atoms with E-state index in [2.05, 4.69) is 15.5 Å². The second kappa shape index (κ2) is 20.1. The fraction of sp³-hybridized carbons (Fsp3) is 0.512. The highest BCUT2D eigenvalue weighted by atomic mass is 35.5. The van der Waals surface area contributed by atoms with Crippen LogP contribution in [0.2, 0.25) is 20.1 Å². The average molecular weight is 973 g/mol. The first kappa shape index (κ1) is 50.1. The number of carbonyl (C=O) groups is 2. The zero-order valence-corrected chi connectivity index (χ0v) is 38.1. The Morgan fingerprint density at radius 2 is 1.06 bits per heavy atom. The summed E-state index contributed by atoms with van der Waals surface area (Å²) in [6.45, 7) is 5.05. The Bertz CT molecular complexity index is 2270. The summed E-state index contributed by atoms with van der Waals surface area (Å²) in [6, 6.07) is 11.2. The van der Waals surface area contributed by atoms with Crippen molar-refractivity contribution in [2.75, 3.05) is 60.5 Å². The van der Waals surface area contributed by atoms with Gasteiger partial charge in [-0.05, 0) is 82.0 Å². The second-order valence-corrected chi connectivity index (χ2v) is 17.1. The van der Waals surface area contributed by atoms with Crippen LogP contribution in [-0.2, 0) is 45.9 Å². The number of alkyl halides is 6. The number of nitrogens with one attached hydrogen (secondary N) is 1. The summed E-state index contributed by atoms with van der Waals surface area (Å²) in [7, 11) is 4.97. The second-order valence-electron chi connectivity index (χ2n) is 15.6. The Morgan fingerprint density at radius 1 is 0.698 bits per heavy atom. The minimum absolute atomic E-state index is 0.101. The molecule has 2 fully saturated rings. The fourth-order valence-electron chi connectivity index (χ4n) is 8.04. The van der Waals surface area contributed by atoms with Crippen molar-refractivity contribution in [3.05, 3.63) is 90.4 Å². The molecule has 63 heavy (non-hydrogen) atoms. The van der Waals surface area contributed by atoms with E-state index in [4.69, 9.17) is 61.6 Å². The van der Waals surface area contributed by atoms with Crippen LogP contribution in [0.1, 0.15) is 59.6 Å². The van der Waals surface area contributed by atoms with Crippen LogP contribution in [0.5, 0.6) is 11.5 Å². The number of likely N-dealkylation sites (N-methyl/N-ethyl adjacent to an activating group) is 1. The van der Waals surface area contributed by atoms with Gasteiger partial charge in [0, 0.05) is 50.1 Å². The van der Waals surface area contributed by atoms with Crippen molar-refractivity contribution >= 4 is 58.2 Å². The molecule has 0 radical (unpaired) electrons. The molecule has 346 valence electrons. The Hall–Kier alpha value is -3.94. The van der Waals surface area contributed by atoms with E-state index in [-0.39, 0.29) is 47.1 Å². The zero-order valence-electron chi connectivity index (χ0n) is 35.1. The molecule has 12 nitrogen and oxygen atoms in total. The van der Waals surface area contributed by atoms with E-state index < -0.39 is 33.8 Å². The van der Waals surface area contributed by atoms with Crippen molar-refractivity contribution in [3.8, 4) is 11.5 Å². The number of methoxy groups -OCH3 is 2. The Labute approximate surface area is 380 Å². The fourth-order valence-corrected chi connectivity index (χ4v) is 8.91. The Balaban J connectivity index is 0.000000238. The van der Waals surface area contributed by atoms with Gasteiger partial charge < -0.3 is 30.3 Å². The number of benzene rings is 2. The lowest BCUT2D eigenvalue weighted by atomic mass is 9.72. The number of amides is 2. The van der Waals surface area contributed by atoms with Crippen molar-refractivity contribution in [3.63, 3.8) is 0 Å². The smallest absolute Gasteiger partial charge is 0.436 e. The predicted octanol–water partition coefficient (Wildman–Crippen LogP) is 8.35. The molecule has 3 N–H and O–H groups in total. The van der Waals surface area contributed by atoms with E-state index in [1.165, 1.54) is 21.0 Å². The molecule has 0 unspecified atom stereocenters. The molecule has 6 rings (SSSR count). The monoisotopic (exact) mass is 970 g/mol. The lowest BCUT2D eigenvalue weighted by Gasteiger charge is -2.42. The van der Waals surface area contributed by atoms with Gasteiger partial charge in [-0.25, -0.2) is 0 Å². The van der Waals surface area contributed by atoms with Crippen molar-refractivity contribution in [2.24, 2.45) is 5.73 Å². The molecule has 4 aromatic rings. The number of nitrogens with zero attached hydrogens (tertiary/aromatic N) is 6. The first-order valence-corrected chi connectivity index (χ1v) is 21.2. The SMILES string of the molecule is CNCC1(c2ccc(Cl)c(OC)c2)CCN(C(=O)Cn2nc(C(F)(F)F)c(Cl)c2C)CC1.COc1cc(C2(CN)CCN(C(=O)Cn3nc(C(F)(F)F)c(Cl)c3C)CC2)ccc1Cl. The third-order valence-electron chi connectivity index (χ3n) is 12.0. The number of hydrogen-bond acceptors (Lipinski definition) is 8. The summed E-state index contributed by atoms with van der Waals surface area (Å²) < 4.78 is 90.9. The van der Waals surface area contributed by atoms with Gasteiger partial charge in [0.2, 0.25) is 11.8 Å². The maximum absolute atomic E-state index is 13.1. The van der Waals surface area contributed by atoms with Crippen LogP contribution >= 0.6 is 46.4 Å². The molecule has 22 heteroatoms. The van der Waals surface area contributed by atoms with Crippen LogP contribution in [0.4, 0.5) is 26.3 Å². The largest absolute Gasteiger partial charge is 0.495 e. The molecule has 0 atom stereocenters. The number of hydrogen-bond donors (Lipinski definition) is 2. The number of halogens is 10. The van der Waals surface area contributed by atoms with Crippen LogP contribution in [0.25, 0.3) is 0 Å². The number of aromatic nitrogens is 4. The quantitative estimate of drug-likeness (QED) is 0.144. The molecule has 2 aliphatic heterocycles. The molecular weight excluding hydrogens is 924 g/mol. The highest BCUT2D eigenvalue weighted by Crippen LogP contribution is 2.41. The average Bonchev–Trinajstić information content (AvgIpc) is 3.70. The molecule has 4 heterocycles. The minimum Gasteiger partial charge on any atom is -0.495 e. The summed E-state index contributed by atoms with van der Waals surface area (Å²) in [6.07, 6.45) is -6.79. The minimum atomic E-state index is -4.68. The van der Waals surface area contributed by atoms with Gasteiger partial charge in [-0.15, -0.1) is 0 Å². The Morgan fingerprint density at radius 3 is 1.38 bits per heavy atom.